The van der Waals surface area contributed by atoms with Gasteiger partial charge in [-0.3, -0.25) is 9.78 Å². The predicted molar refractivity (Wildman–Crippen MR) is 56.8 cm³/mol. The SMILES string of the molecule is NCC(CC(=O)O)c1cncc2c1COC2. The Kier molecular flexibility index (Phi) is 3.17. The number of aromatic nitrogens is 1. The maximum absolute atomic E-state index is 10.7. The molecule has 1 atom stereocenters. The van der Waals surface area contributed by atoms with E-state index in [-0.39, 0.29) is 12.3 Å². The first kappa shape index (κ1) is 11.0. The Bertz CT molecular complexity index is 406. The predicted octanol–water partition coefficient (Wildman–Crippen LogP) is 0.629. The van der Waals surface area contributed by atoms with Gasteiger partial charge in [0.2, 0.25) is 0 Å². The lowest BCUT2D eigenvalue weighted by molar-refractivity contribution is -0.137. The molecule has 5 nitrogen and oxygen atoms in total. The second kappa shape index (κ2) is 4.59. The highest BCUT2D eigenvalue weighted by Gasteiger charge is 2.22. The molecule has 3 N–H and O–H groups in total. The Balaban J connectivity index is 2.31. The van der Waals surface area contributed by atoms with Gasteiger partial charge >= 0.3 is 5.97 Å². The number of nitrogens with two attached hydrogens (primary N) is 1. The highest BCUT2D eigenvalue weighted by atomic mass is 16.5. The van der Waals surface area contributed by atoms with E-state index in [2.05, 4.69) is 4.98 Å². The molecule has 1 aliphatic heterocycles. The van der Waals surface area contributed by atoms with E-state index < -0.39 is 5.97 Å². The number of fused-ring (bicyclic) bond motifs is 1. The lowest BCUT2D eigenvalue weighted by Gasteiger charge is -2.15. The van der Waals surface area contributed by atoms with Crippen LogP contribution in [0.3, 0.4) is 0 Å². The third-order valence-electron chi connectivity index (χ3n) is 2.83. The van der Waals surface area contributed by atoms with E-state index in [0.29, 0.717) is 19.8 Å². The van der Waals surface area contributed by atoms with Crippen molar-refractivity contribution in [1.29, 1.82) is 0 Å². The molecule has 86 valence electrons. The van der Waals surface area contributed by atoms with E-state index in [9.17, 15) is 4.79 Å². The normalized spacial score (nSPS) is 15.8. The number of pyridine rings is 1. The molecule has 5 heteroatoms. The van der Waals surface area contributed by atoms with Gasteiger partial charge in [-0.15, -0.1) is 0 Å². The largest absolute Gasteiger partial charge is 0.481 e. The highest BCUT2D eigenvalue weighted by molar-refractivity contribution is 5.68. The molecular weight excluding hydrogens is 208 g/mol. The van der Waals surface area contributed by atoms with Gasteiger partial charge in [0.15, 0.2) is 0 Å². The van der Waals surface area contributed by atoms with Gasteiger partial charge in [-0.2, -0.15) is 0 Å². The summed E-state index contributed by atoms with van der Waals surface area (Å²) in [6.45, 7) is 1.40. The monoisotopic (exact) mass is 222 g/mol. The number of ether oxygens (including phenoxy) is 1. The number of hydrogen-bond donors (Lipinski definition) is 2. The molecule has 0 bridgehead atoms. The van der Waals surface area contributed by atoms with Gasteiger partial charge in [-0.25, -0.2) is 0 Å². The Morgan fingerprint density at radius 3 is 3.06 bits per heavy atom. The van der Waals surface area contributed by atoms with E-state index in [0.717, 1.165) is 16.7 Å². The second-order valence-corrected chi connectivity index (χ2v) is 3.89. The van der Waals surface area contributed by atoms with Gasteiger partial charge in [0, 0.05) is 23.9 Å². The zero-order chi connectivity index (χ0) is 11.5. The standard InChI is InChI=1S/C11H14N2O3/c12-2-7(1-11(14)15)9-4-13-3-8-5-16-6-10(8)9/h3-4,7H,1-2,5-6,12H2,(H,14,15). The molecule has 1 unspecified atom stereocenters. The first-order chi connectivity index (χ1) is 7.72. The van der Waals surface area contributed by atoms with Crippen molar-refractivity contribution in [3.8, 4) is 0 Å². The van der Waals surface area contributed by atoms with Gasteiger partial charge in [-0.1, -0.05) is 0 Å². The fraction of sp³-hybridized carbons (Fsp3) is 0.455. The molecule has 1 aliphatic rings. The van der Waals surface area contributed by atoms with Crippen LogP contribution in [-0.2, 0) is 22.7 Å². The second-order valence-electron chi connectivity index (χ2n) is 3.89. The smallest absolute Gasteiger partial charge is 0.304 e. The van der Waals surface area contributed by atoms with Crippen LogP contribution in [0.25, 0.3) is 0 Å². The fourth-order valence-corrected chi connectivity index (χ4v) is 2.00. The van der Waals surface area contributed by atoms with Crippen LogP contribution in [0.5, 0.6) is 0 Å². The minimum atomic E-state index is -0.841. The average Bonchev–Trinajstić information content (AvgIpc) is 2.73. The van der Waals surface area contributed by atoms with Crippen molar-refractivity contribution in [1.82, 2.24) is 4.98 Å². The van der Waals surface area contributed by atoms with Crippen LogP contribution in [0, 0.1) is 0 Å². The molecule has 0 amide bonds. The van der Waals surface area contributed by atoms with Crippen LogP contribution in [0.15, 0.2) is 12.4 Å². The van der Waals surface area contributed by atoms with E-state index in [4.69, 9.17) is 15.6 Å². The van der Waals surface area contributed by atoms with E-state index in [1.807, 2.05) is 0 Å². The molecule has 0 radical (unpaired) electrons. The molecule has 0 spiro atoms. The maximum Gasteiger partial charge on any atom is 0.304 e. The van der Waals surface area contributed by atoms with E-state index in [1.54, 1.807) is 12.4 Å². The van der Waals surface area contributed by atoms with Crippen molar-refractivity contribution >= 4 is 5.97 Å². The van der Waals surface area contributed by atoms with Gasteiger partial charge in [0.25, 0.3) is 0 Å². The van der Waals surface area contributed by atoms with E-state index >= 15 is 0 Å². The highest BCUT2D eigenvalue weighted by Crippen LogP contribution is 2.29. The van der Waals surface area contributed by atoms with Crippen molar-refractivity contribution in [2.75, 3.05) is 6.54 Å². The number of nitrogens with zero attached hydrogens (tertiary/aromatic N) is 1. The summed E-state index contributed by atoms with van der Waals surface area (Å²) in [6, 6.07) is 0. The van der Waals surface area contributed by atoms with Gasteiger partial charge in [0.05, 0.1) is 19.6 Å². The van der Waals surface area contributed by atoms with Crippen molar-refractivity contribution in [3.05, 3.63) is 29.1 Å². The quantitative estimate of drug-likeness (QED) is 0.780. The molecule has 0 fully saturated rings. The number of rotatable bonds is 4. The molecule has 0 saturated heterocycles. The average molecular weight is 222 g/mol. The maximum atomic E-state index is 10.7. The first-order valence-electron chi connectivity index (χ1n) is 5.17. The molecule has 0 saturated carbocycles. The molecular formula is C11H14N2O3. The summed E-state index contributed by atoms with van der Waals surface area (Å²) < 4.78 is 5.33. The molecule has 16 heavy (non-hydrogen) atoms. The summed E-state index contributed by atoms with van der Waals surface area (Å²) in [5, 5.41) is 8.82. The van der Waals surface area contributed by atoms with Crippen LogP contribution in [0.2, 0.25) is 0 Å². The van der Waals surface area contributed by atoms with Gasteiger partial charge in [-0.05, 0) is 17.7 Å². The number of carboxylic acid groups (broad SMARTS) is 1. The topological polar surface area (TPSA) is 85.4 Å². The number of aliphatic carboxylic acids is 1. The third kappa shape index (κ3) is 2.05. The summed E-state index contributed by atoms with van der Waals surface area (Å²) in [5.41, 5.74) is 8.64. The Morgan fingerprint density at radius 2 is 2.38 bits per heavy atom. The van der Waals surface area contributed by atoms with Crippen molar-refractivity contribution in [3.63, 3.8) is 0 Å². The lowest BCUT2D eigenvalue weighted by atomic mass is 9.92. The van der Waals surface area contributed by atoms with Crippen LogP contribution in [0.1, 0.15) is 29.0 Å². The fourth-order valence-electron chi connectivity index (χ4n) is 2.00. The Morgan fingerprint density at radius 1 is 1.56 bits per heavy atom. The van der Waals surface area contributed by atoms with Crippen LogP contribution in [0.4, 0.5) is 0 Å². The minimum absolute atomic E-state index is 0.0363. The van der Waals surface area contributed by atoms with Crippen LogP contribution < -0.4 is 5.73 Å². The molecule has 0 aliphatic carbocycles. The van der Waals surface area contributed by atoms with Gasteiger partial charge in [0.1, 0.15) is 0 Å². The zero-order valence-corrected chi connectivity index (χ0v) is 8.85. The first-order valence-corrected chi connectivity index (χ1v) is 5.17. The number of carbonyl (C=O) groups is 1. The van der Waals surface area contributed by atoms with Crippen molar-refractivity contribution in [2.24, 2.45) is 5.73 Å². The molecule has 1 aromatic rings. The van der Waals surface area contributed by atoms with Gasteiger partial charge < -0.3 is 15.6 Å². The third-order valence-corrected chi connectivity index (χ3v) is 2.83. The number of hydrogen-bond acceptors (Lipinski definition) is 4. The summed E-state index contributed by atoms with van der Waals surface area (Å²) >= 11 is 0. The van der Waals surface area contributed by atoms with Crippen LogP contribution in [-0.4, -0.2) is 22.6 Å². The van der Waals surface area contributed by atoms with Crippen molar-refractivity contribution < 1.29 is 14.6 Å². The summed E-state index contributed by atoms with van der Waals surface area (Å²) in [6.07, 6.45) is 3.50. The molecule has 2 heterocycles. The summed E-state index contributed by atoms with van der Waals surface area (Å²) in [7, 11) is 0. The summed E-state index contributed by atoms with van der Waals surface area (Å²) in [4.78, 5) is 14.8. The molecule has 2 rings (SSSR count). The summed E-state index contributed by atoms with van der Waals surface area (Å²) in [5.74, 6) is -1.02. The van der Waals surface area contributed by atoms with E-state index in [1.165, 1.54) is 0 Å². The molecule has 1 aromatic heterocycles. The Labute approximate surface area is 93.2 Å². The molecule has 0 aromatic carbocycles. The Hall–Kier alpha value is -1.46. The zero-order valence-electron chi connectivity index (χ0n) is 8.85. The number of carboxylic acids is 1. The van der Waals surface area contributed by atoms with Crippen molar-refractivity contribution in [2.45, 2.75) is 25.6 Å². The lowest BCUT2D eigenvalue weighted by Crippen LogP contribution is -2.18. The minimum Gasteiger partial charge on any atom is -0.481 e. The van der Waals surface area contributed by atoms with Crippen LogP contribution >= 0.6 is 0 Å².